The van der Waals surface area contributed by atoms with Gasteiger partial charge in [0, 0.05) is 0 Å². The minimum absolute atomic E-state index is 0.0994. The van der Waals surface area contributed by atoms with Crippen molar-refractivity contribution in [2.24, 2.45) is 17.8 Å². The Morgan fingerprint density at radius 2 is 0.973 bits per heavy atom. The topological polar surface area (TPSA) is 52.6 Å². The van der Waals surface area contributed by atoms with Crippen LogP contribution in [-0.2, 0) is 19.1 Å². The first kappa shape index (κ1) is 34.0. The molecule has 4 nitrogen and oxygen atoms in total. The number of hydrogen-bond acceptors (Lipinski definition) is 4. The lowest BCUT2D eigenvalue weighted by Crippen LogP contribution is -2.30. The van der Waals surface area contributed by atoms with E-state index in [1.54, 1.807) is 0 Å². The average molecular weight is 523 g/mol. The third-order valence-electron chi connectivity index (χ3n) is 8.00. The monoisotopic (exact) mass is 522 g/mol. The molecule has 1 aliphatic carbocycles. The van der Waals surface area contributed by atoms with Gasteiger partial charge >= 0.3 is 11.9 Å². The van der Waals surface area contributed by atoms with Crippen molar-refractivity contribution in [1.82, 2.24) is 0 Å². The van der Waals surface area contributed by atoms with Crippen molar-refractivity contribution in [1.29, 1.82) is 0 Å². The molecule has 2 unspecified atom stereocenters. The highest BCUT2D eigenvalue weighted by atomic mass is 16.5. The van der Waals surface area contributed by atoms with Gasteiger partial charge < -0.3 is 9.47 Å². The van der Waals surface area contributed by atoms with E-state index in [0.717, 1.165) is 50.9 Å². The summed E-state index contributed by atoms with van der Waals surface area (Å²) in [6, 6.07) is 0. The van der Waals surface area contributed by atoms with E-state index in [9.17, 15) is 9.59 Å². The van der Waals surface area contributed by atoms with Crippen molar-refractivity contribution in [2.45, 2.75) is 168 Å². The van der Waals surface area contributed by atoms with E-state index in [-0.39, 0.29) is 23.8 Å². The van der Waals surface area contributed by atoms with E-state index in [1.165, 1.54) is 96.3 Å². The molecule has 1 fully saturated rings. The van der Waals surface area contributed by atoms with Gasteiger partial charge in [-0.2, -0.15) is 0 Å². The quantitative estimate of drug-likeness (QED) is 0.0934. The molecule has 0 spiro atoms. The Labute approximate surface area is 230 Å². The molecule has 2 atom stereocenters. The number of hydrogen-bond donors (Lipinski definition) is 0. The van der Waals surface area contributed by atoms with E-state index >= 15 is 0 Å². The van der Waals surface area contributed by atoms with Crippen molar-refractivity contribution >= 4 is 11.9 Å². The van der Waals surface area contributed by atoms with Crippen LogP contribution in [0.3, 0.4) is 0 Å². The maximum absolute atomic E-state index is 12.5. The molecule has 37 heavy (non-hydrogen) atoms. The lowest BCUT2D eigenvalue weighted by molar-refractivity contribution is -0.155. The van der Waals surface area contributed by atoms with Crippen molar-refractivity contribution in [3.8, 4) is 0 Å². The molecule has 1 rings (SSSR count). The van der Waals surface area contributed by atoms with E-state index in [2.05, 4.69) is 20.8 Å². The Morgan fingerprint density at radius 1 is 0.595 bits per heavy atom. The van der Waals surface area contributed by atoms with Crippen LogP contribution in [0.4, 0.5) is 0 Å². The van der Waals surface area contributed by atoms with E-state index in [4.69, 9.17) is 9.47 Å². The van der Waals surface area contributed by atoms with Gasteiger partial charge in [0.2, 0.25) is 0 Å². The second kappa shape index (κ2) is 24.0. The number of esters is 2. The minimum atomic E-state index is -0.130. The molecule has 0 amide bonds. The second-order valence-electron chi connectivity index (χ2n) is 12.1. The maximum atomic E-state index is 12.5. The zero-order valence-electron chi connectivity index (χ0n) is 25.0. The highest BCUT2D eigenvalue weighted by molar-refractivity contribution is 5.76. The zero-order chi connectivity index (χ0) is 27.0. The van der Waals surface area contributed by atoms with Crippen molar-refractivity contribution in [2.75, 3.05) is 13.2 Å². The van der Waals surface area contributed by atoms with Gasteiger partial charge in [-0.25, -0.2) is 0 Å². The third-order valence-corrected chi connectivity index (χ3v) is 8.00. The van der Waals surface area contributed by atoms with E-state index < -0.39 is 0 Å². The SMILES string of the molecule is CCCCCCCCCCCCOC(=O)C1CCCC(C(=O)OCCCCCCCCCCC(C)C)C1. The van der Waals surface area contributed by atoms with Crippen LogP contribution in [0.5, 0.6) is 0 Å². The van der Waals surface area contributed by atoms with Gasteiger partial charge in [0.25, 0.3) is 0 Å². The van der Waals surface area contributed by atoms with Gasteiger partial charge in [-0.05, 0) is 38.0 Å². The summed E-state index contributed by atoms with van der Waals surface area (Å²) in [4.78, 5) is 25.1. The van der Waals surface area contributed by atoms with Gasteiger partial charge in [-0.15, -0.1) is 0 Å². The van der Waals surface area contributed by atoms with Crippen molar-refractivity contribution in [3.63, 3.8) is 0 Å². The summed E-state index contributed by atoms with van der Waals surface area (Å²) in [6.45, 7) is 7.91. The van der Waals surface area contributed by atoms with Gasteiger partial charge in [-0.1, -0.05) is 136 Å². The first-order chi connectivity index (χ1) is 18.0. The second-order valence-corrected chi connectivity index (χ2v) is 12.1. The van der Waals surface area contributed by atoms with Crippen LogP contribution < -0.4 is 0 Å². The minimum Gasteiger partial charge on any atom is -0.465 e. The summed E-state index contributed by atoms with van der Waals surface area (Å²) >= 11 is 0. The van der Waals surface area contributed by atoms with E-state index in [1.807, 2.05) is 0 Å². The van der Waals surface area contributed by atoms with Crippen LogP contribution in [0.1, 0.15) is 168 Å². The van der Waals surface area contributed by atoms with Crippen LogP contribution >= 0.6 is 0 Å². The van der Waals surface area contributed by atoms with E-state index in [0.29, 0.717) is 19.6 Å². The fraction of sp³-hybridized carbons (Fsp3) is 0.939. The largest absolute Gasteiger partial charge is 0.465 e. The standard InChI is InChI=1S/C33H62O4/c1-4-5-6-7-8-9-11-14-17-20-26-36-32(34)30-24-22-25-31(28-30)33(35)37-27-21-18-15-12-10-13-16-19-23-29(2)3/h29-31H,4-28H2,1-3H3. The predicted octanol–water partition coefficient (Wildman–Crippen LogP) is 9.97. The first-order valence-electron chi connectivity index (χ1n) is 16.4. The van der Waals surface area contributed by atoms with Crippen LogP contribution in [0.25, 0.3) is 0 Å². The highest BCUT2D eigenvalue weighted by Gasteiger charge is 2.32. The summed E-state index contributed by atoms with van der Waals surface area (Å²) in [6.07, 6.45) is 27.4. The number of carbonyl (C=O) groups excluding carboxylic acids is 2. The summed E-state index contributed by atoms with van der Waals surface area (Å²) in [5.41, 5.74) is 0. The summed E-state index contributed by atoms with van der Waals surface area (Å²) in [5.74, 6) is 0.370. The third kappa shape index (κ3) is 19.6. The van der Waals surface area contributed by atoms with Crippen molar-refractivity contribution in [3.05, 3.63) is 0 Å². The molecular weight excluding hydrogens is 460 g/mol. The van der Waals surface area contributed by atoms with Crippen molar-refractivity contribution < 1.29 is 19.1 Å². The molecule has 0 aromatic rings. The van der Waals surface area contributed by atoms with Crippen LogP contribution in [-0.4, -0.2) is 25.2 Å². The Kier molecular flexibility index (Phi) is 22.0. The average Bonchev–Trinajstić information content (AvgIpc) is 2.90. The number of rotatable bonds is 24. The Balaban J connectivity index is 1.99. The van der Waals surface area contributed by atoms with Gasteiger partial charge in [0.05, 0.1) is 25.0 Å². The molecule has 0 saturated heterocycles. The van der Waals surface area contributed by atoms with Crippen LogP contribution in [0, 0.1) is 17.8 Å². The highest BCUT2D eigenvalue weighted by Crippen LogP contribution is 2.31. The fourth-order valence-electron chi connectivity index (χ4n) is 5.50. The molecule has 0 aromatic carbocycles. The molecule has 0 aliphatic heterocycles. The molecule has 0 bridgehead atoms. The Hall–Kier alpha value is -1.06. The summed E-state index contributed by atoms with van der Waals surface area (Å²) in [5, 5.41) is 0. The molecule has 0 aromatic heterocycles. The fourth-order valence-corrected chi connectivity index (χ4v) is 5.50. The van der Waals surface area contributed by atoms with Crippen LogP contribution in [0.15, 0.2) is 0 Å². The lowest BCUT2D eigenvalue weighted by atomic mass is 9.81. The lowest BCUT2D eigenvalue weighted by Gasteiger charge is -2.26. The molecule has 0 N–H and O–H groups in total. The molecule has 1 aliphatic rings. The molecule has 0 heterocycles. The van der Waals surface area contributed by atoms with Gasteiger partial charge in [-0.3, -0.25) is 9.59 Å². The molecule has 218 valence electrons. The summed E-state index contributed by atoms with van der Waals surface area (Å²) < 4.78 is 11.1. The van der Waals surface area contributed by atoms with Gasteiger partial charge in [0.1, 0.15) is 0 Å². The smallest absolute Gasteiger partial charge is 0.308 e. The first-order valence-corrected chi connectivity index (χ1v) is 16.4. The van der Waals surface area contributed by atoms with Gasteiger partial charge in [0.15, 0.2) is 0 Å². The molecule has 1 saturated carbocycles. The maximum Gasteiger partial charge on any atom is 0.308 e. The Morgan fingerprint density at radius 3 is 1.38 bits per heavy atom. The summed E-state index contributed by atoms with van der Waals surface area (Å²) in [7, 11) is 0. The Bertz CT molecular complexity index is 544. The number of unbranched alkanes of at least 4 members (excludes halogenated alkanes) is 16. The van der Waals surface area contributed by atoms with Crippen LogP contribution in [0.2, 0.25) is 0 Å². The number of ether oxygens (including phenoxy) is 2. The normalized spacial score (nSPS) is 17.7. The number of carbonyl (C=O) groups is 2. The zero-order valence-corrected chi connectivity index (χ0v) is 25.0. The molecule has 4 heteroatoms. The molecule has 0 radical (unpaired) electrons. The molecular formula is C33H62O4. The predicted molar refractivity (Wildman–Crippen MR) is 156 cm³/mol.